The fourth-order valence-corrected chi connectivity index (χ4v) is 1.03. The monoisotopic (exact) mass is 219 g/mol. The average molecular weight is 219 g/mol. The molecule has 0 heterocycles. The third-order valence-corrected chi connectivity index (χ3v) is 2.32. The highest BCUT2D eigenvalue weighted by Crippen LogP contribution is 2.15. The Hall–Kier alpha value is -1.30. The van der Waals surface area contributed by atoms with Crippen LogP contribution >= 0.6 is 0 Å². The summed E-state index contributed by atoms with van der Waals surface area (Å²) < 4.78 is 14.0. The first-order valence-electron chi connectivity index (χ1n) is 4.39. The second kappa shape index (κ2) is 5.55. The Morgan fingerprint density at radius 3 is 2.07 bits per heavy atom. The van der Waals surface area contributed by atoms with Crippen molar-refractivity contribution >= 4 is 12.1 Å². The van der Waals surface area contributed by atoms with Gasteiger partial charge >= 0.3 is 12.1 Å². The third kappa shape index (κ3) is 3.09. The molecule has 0 aromatic carbocycles. The molecule has 0 saturated carbocycles. The molecule has 0 aliphatic heterocycles. The van der Waals surface area contributed by atoms with Crippen LogP contribution in [0, 0.1) is 0 Å². The minimum absolute atomic E-state index is 0.538. The van der Waals surface area contributed by atoms with Crippen LogP contribution < -0.4 is 5.32 Å². The van der Waals surface area contributed by atoms with Gasteiger partial charge in [-0.05, 0) is 13.8 Å². The SMILES string of the molecule is COC(=O)NC(C)(C(=O)OC)C(C)OC. The topological polar surface area (TPSA) is 73.9 Å². The highest BCUT2D eigenvalue weighted by molar-refractivity contribution is 5.86. The first-order valence-corrected chi connectivity index (χ1v) is 4.39. The smallest absolute Gasteiger partial charge is 0.407 e. The Balaban J connectivity index is 4.85. The Bertz CT molecular complexity index is 243. The molecule has 0 aliphatic carbocycles. The summed E-state index contributed by atoms with van der Waals surface area (Å²) in [5.41, 5.74) is -1.27. The maximum Gasteiger partial charge on any atom is 0.407 e. The van der Waals surface area contributed by atoms with Crippen LogP contribution in [0.2, 0.25) is 0 Å². The molecule has 15 heavy (non-hydrogen) atoms. The Labute approximate surface area is 88.9 Å². The normalized spacial score (nSPS) is 16.1. The van der Waals surface area contributed by atoms with Crippen LogP contribution in [-0.4, -0.2) is 45.0 Å². The van der Waals surface area contributed by atoms with Crippen molar-refractivity contribution in [2.45, 2.75) is 25.5 Å². The summed E-state index contributed by atoms with van der Waals surface area (Å²) in [5.74, 6) is -0.595. The van der Waals surface area contributed by atoms with Crippen LogP contribution in [0.1, 0.15) is 13.8 Å². The summed E-state index contributed by atoms with van der Waals surface area (Å²) in [6, 6.07) is 0. The van der Waals surface area contributed by atoms with Crippen molar-refractivity contribution in [3.63, 3.8) is 0 Å². The van der Waals surface area contributed by atoms with E-state index < -0.39 is 23.7 Å². The number of hydrogen-bond donors (Lipinski definition) is 1. The fraction of sp³-hybridized carbons (Fsp3) is 0.778. The molecule has 1 amide bonds. The van der Waals surface area contributed by atoms with Crippen molar-refractivity contribution in [1.29, 1.82) is 0 Å². The number of ether oxygens (including phenoxy) is 3. The standard InChI is InChI=1S/C9H17NO5/c1-6(13-3)9(2,7(11)14-4)10-8(12)15-5/h6H,1-5H3,(H,10,12). The quantitative estimate of drug-likeness (QED) is 0.689. The molecule has 1 N–H and O–H groups in total. The van der Waals surface area contributed by atoms with Crippen LogP contribution in [0.5, 0.6) is 0 Å². The van der Waals surface area contributed by atoms with Gasteiger partial charge in [-0.2, -0.15) is 0 Å². The molecular formula is C9H17NO5. The number of alkyl carbamates (subject to hydrolysis) is 1. The fourth-order valence-electron chi connectivity index (χ4n) is 1.03. The first-order chi connectivity index (χ1) is 6.92. The zero-order valence-electron chi connectivity index (χ0n) is 9.62. The maximum absolute atomic E-state index is 11.5. The zero-order valence-corrected chi connectivity index (χ0v) is 9.62. The largest absolute Gasteiger partial charge is 0.467 e. The van der Waals surface area contributed by atoms with Gasteiger partial charge in [-0.15, -0.1) is 0 Å². The maximum atomic E-state index is 11.5. The summed E-state index contributed by atoms with van der Waals surface area (Å²) in [6.45, 7) is 3.15. The Morgan fingerprint density at radius 1 is 1.20 bits per heavy atom. The van der Waals surface area contributed by atoms with Crippen molar-refractivity contribution in [3.05, 3.63) is 0 Å². The van der Waals surface area contributed by atoms with Crippen LogP contribution in [-0.2, 0) is 19.0 Å². The van der Waals surface area contributed by atoms with Crippen molar-refractivity contribution in [2.24, 2.45) is 0 Å². The molecule has 0 fully saturated rings. The lowest BCUT2D eigenvalue weighted by atomic mass is 9.96. The van der Waals surface area contributed by atoms with E-state index in [0.29, 0.717) is 0 Å². The van der Waals surface area contributed by atoms with E-state index in [2.05, 4.69) is 14.8 Å². The van der Waals surface area contributed by atoms with Crippen molar-refractivity contribution < 1.29 is 23.8 Å². The summed E-state index contributed by atoms with van der Waals surface area (Å²) in [4.78, 5) is 22.6. The van der Waals surface area contributed by atoms with Crippen molar-refractivity contribution in [2.75, 3.05) is 21.3 Å². The first kappa shape index (κ1) is 13.7. The molecule has 2 unspecified atom stereocenters. The number of amides is 1. The predicted octanol–water partition coefficient (Wildman–Crippen LogP) is 0.309. The van der Waals surface area contributed by atoms with Crippen LogP contribution in [0.25, 0.3) is 0 Å². The van der Waals surface area contributed by atoms with E-state index in [9.17, 15) is 9.59 Å². The number of hydrogen-bond acceptors (Lipinski definition) is 5. The summed E-state index contributed by atoms with van der Waals surface area (Å²) in [5, 5.41) is 2.38. The number of rotatable bonds is 4. The van der Waals surface area contributed by atoms with Gasteiger partial charge in [0.05, 0.1) is 20.3 Å². The molecule has 0 aliphatic rings. The molecule has 0 rings (SSSR count). The lowest BCUT2D eigenvalue weighted by Gasteiger charge is -2.31. The van der Waals surface area contributed by atoms with Crippen molar-refractivity contribution in [3.8, 4) is 0 Å². The lowest BCUT2D eigenvalue weighted by molar-refractivity contribution is -0.153. The van der Waals surface area contributed by atoms with Crippen LogP contribution in [0.15, 0.2) is 0 Å². The van der Waals surface area contributed by atoms with E-state index in [0.717, 1.165) is 0 Å². The number of carbonyl (C=O) groups is 2. The van der Waals surface area contributed by atoms with Gasteiger partial charge in [0.1, 0.15) is 0 Å². The molecule has 2 atom stereocenters. The minimum atomic E-state index is -1.27. The second-order valence-corrected chi connectivity index (χ2v) is 3.19. The molecule has 88 valence electrons. The Kier molecular flexibility index (Phi) is 5.07. The minimum Gasteiger partial charge on any atom is -0.467 e. The molecule has 6 nitrogen and oxygen atoms in total. The number of methoxy groups -OCH3 is 3. The van der Waals surface area contributed by atoms with Gasteiger partial charge in [0.2, 0.25) is 0 Å². The summed E-state index contributed by atoms with van der Waals surface area (Å²) in [6.07, 6.45) is -1.25. The molecule has 0 radical (unpaired) electrons. The molecule has 6 heteroatoms. The van der Waals surface area contributed by atoms with E-state index in [4.69, 9.17) is 4.74 Å². The van der Waals surface area contributed by atoms with Gasteiger partial charge in [-0.25, -0.2) is 9.59 Å². The highest BCUT2D eigenvalue weighted by atomic mass is 16.5. The zero-order chi connectivity index (χ0) is 12.1. The van der Waals surface area contributed by atoms with E-state index in [-0.39, 0.29) is 0 Å². The van der Waals surface area contributed by atoms with E-state index in [1.807, 2.05) is 0 Å². The molecule has 0 bridgehead atoms. The van der Waals surface area contributed by atoms with Gasteiger partial charge in [0, 0.05) is 7.11 Å². The summed E-state index contributed by atoms with van der Waals surface area (Å²) in [7, 11) is 3.89. The summed E-state index contributed by atoms with van der Waals surface area (Å²) >= 11 is 0. The van der Waals surface area contributed by atoms with Gasteiger partial charge in [-0.3, -0.25) is 0 Å². The van der Waals surface area contributed by atoms with Crippen molar-refractivity contribution in [1.82, 2.24) is 5.32 Å². The van der Waals surface area contributed by atoms with E-state index >= 15 is 0 Å². The number of nitrogens with one attached hydrogen (secondary N) is 1. The second-order valence-electron chi connectivity index (χ2n) is 3.19. The molecule has 0 saturated heterocycles. The lowest BCUT2D eigenvalue weighted by Crippen LogP contribution is -2.60. The van der Waals surface area contributed by atoms with Crippen LogP contribution in [0.3, 0.4) is 0 Å². The van der Waals surface area contributed by atoms with E-state index in [1.165, 1.54) is 28.3 Å². The van der Waals surface area contributed by atoms with Gasteiger partial charge in [-0.1, -0.05) is 0 Å². The number of esters is 1. The molecule has 0 aromatic rings. The van der Waals surface area contributed by atoms with Crippen LogP contribution in [0.4, 0.5) is 4.79 Å². The third-order valence-electron chi connectivity index (χ3n) is 2.32. The molecule has 0 aromatic heterocycles. The molecule has 0 spiro atoms. The Morgan fingerprint density at radius 2 is 1.73 bits per heavy atom. The van der Waals surface area contributed by atoms with E-state index in [1.54, 1.807) is 6.92 Å². The highest BCUT2D eigenvalue weighted by Gasteiger charge is 2.42. The predicted molar refractivity (Wildman–Crippen MR) is 52.4 cm³/mol. The van der Waals surface area contributed by atoms with Gasteiger partial charge < -0.3 is 19.5 Å². The van der Waals surface area contributed by atoms with Gasteiger partial charge in [0.25, 0.3) is 0 Å². The number of carbonyl (C=O) groups excluding carboxylic acids is 2. The average Bonchev–Trinajstić information content (AvgIpc) is 2.25. The molecular weight excluding hydrogens is 202 g/mol. The van der Waals surface area contributed by atoms with Gasteiger partial charge in [0.15, 0.2) is 5.54 Å².